The van der Waals surface area contributed by atoms with Gasteiger partial charge in [-0.2, -0.15) is 0 Å². The number of ether oxygens (including phenoxy) is 2. The molecule has 0 radical (unpaired) electrons. The molecule has 22 heavy (non-hydrogen) atoms. The third-order valence-corrected chi connectivity index (χ3v) is 3.36. The average molecular weight is 297 g/mol. The molecule has 0 aliphatic rings. The van der Waals surface area contributed by atoms with Crippen LogP contribution < -0.4 is 9.47 Å². The van der Waals surface area contributed by atoms with Crippen molar-refractivity contribution in [3.8, 4) is 22.8 Å². The van der Waals surface area contributed by atoms with E-state index in [0.717, 1.165) is 11.0 Å². The molecule has 0 aliphatic heterocycles. The van der Waals surface area contributed by atoms with Gasteiger partial charge >= 0.3 is 5.97 Å². The summed E-state index contributed by atoms with van der Waals surface area (Å²) in [5, 5.41) is 0.881. The van der Waals surface area contributed by atoms with Crippen molar-refractivity contribution in [3.05, 3.63) is 36.8 Å². The minimum Gasteiger partial charge on any atom is -0.497 e. The van der Waals surface area contributed by atoms with E-state index in [4.69, 9.17) is 9.47 Å². The predicted octanol–water partition coefficient (Wildman–Crippen LogP) is 2.57. The summed E-state index contributed by atoms with van der Waals surface area (Å²) in [5.41, 5.74) is 2.19. The van der Waals surface area contributed by atoms with Crippen LogP contribution in [0.5, 0.6) is 11.5 Å². The van der Waals surface area contributed by atoms with Crippen LogP contribution in [0, 0.1) is 0 Å². The first-order chi connectivity index (χ1) is 10.6. The second-order valence-corrected chi connectivity index (χ2v) is 4.84. The molecule has 0 saturated carbocycles. The van der Waals surface area contributed by atoms with Gasteiger partial charge in [-0.1, -0.05) is 0 Å². The number of aromatic nitrogens is 3. The Morgan fingerprint density at radius 1 is 1.23 bits per heavy atom. The van der Waals surface area contributed by atoms with E-state index in [1.807, 2.05) is 23.9 Å². The predicted molar refractivity (Wildman–Crippen MR) is 81.8 cm³/mol. The number of carbonyl (C=O) groups excluding carboxylic acids is 1. The van der Waals surface area contributed by atoms with Crippen LogP contribution in [0.3, 0.4) is 0 Å². The first-order valence-corrected chi connectivity index (χ1v) is 6.73. The normalized spacial score (nSPS) is 10.7. The van der Waals surface area contributed by atoms with Gasteiger partial charge in [0.05, 0.1) is 12.8 Å². The highest BCUT2D eigenvalue weighted by molar-refractivity contribution is 5.93. The van der Waals surface area contributed by atoms with Gasteiger partial charge in [-0.05, 0) is 24.3 Å². The Morgan fingerprint density at radius 2 is 2.05 bits per heavy atom. The van der Waals surface area contributed by atoms with Crippen LogP contribution in [-0.2, 0) is 11.8 Å². The molecule has 0 unspecified atom stereocenters. The third kappa shape index (κ3) is 2.39. The summed E-state index contributed by atoms with van der Waals surface area (Å²) >= 11 is 0. The standard InChI is InChI=1S/C16H15N3O3/c1-10(20)22-14-5-4-11(21-3)8-13(14)15-12-6-7-19(2)16(12)18-9-17-15/h4-9H,1-3H3. The molecule has 1 aromatic carbocycles. The Bertz CT molecular complexity index is 855. The van der Waals surface area contributed by atoms with Crippen molar-refractivity contribution < 1.29 is 14.3 Å². The molecule has 3 rings (SSSR count). The fourth-order valence-corrected chi connectivity index (χ4v) is 2.36. The summed E-state index contributed by atoms with van der Waals surface area (Å²) in [7, 11) is 3.50. The van der Waals surface area contributed by atoms with Crippen LogP contribution in [0.25, 0.3) is 22.3 Å². The van der Waals surface area contributed by atoms with Crippen molar-refractivity contribution in [3.63, 3.8) is 0 Å². The van der Waals surface area contributed by atoms with E-state index < -0.39 is 0 Å². The van der Waals surface area contributed by atoms with Crippen LogP contribution in [0.1, 0.15) is 6.92 Å². The highest BCUT2D eigenvalue weighted by Crippen LogP contribution is 2.35. The summed E-state index contributed by atoms with van der Waals surface area (Å²) in [6.45, 7) is 1.37. The maximum atomic E-state index is 11.3. The Labute approximate surface area is 127 Å². The number of nitrogens with zero attached hydrogens (tertiary/aromatic N) is 3. The van der Waals surface area contributed by atoms with Gasteiger partial charge in [0.1, 0.15) is 23.5 Å². The van der Waals surface area contributed by atoms with E-state index in [0.29, 0.717) is 22.8 Å². The minimum atomic E-state index is -0.384. The topological polar surface area (TPSA) is 66.2 Å². The fraction of sp³-hybridized carbons (Fsp3) is 0.188. The fourth-order valence-electron chi connectivity index (χ4n) is 2.36. The molecule has 6 heteroatoms. The van der Waals surface area contributed by atoms with Crippen LogP contribution in [0.15, 0.2) is 36.8 Å². The van der Waals surface area contributed by atoms with Gasteiger partial charge in [0.15, 0.2) is 0 Å². The van der Waals surface area contributed by atoms with Gasteiger partial charge in [0, 0.05) is 31.1 Å². The highest BCUT2D eigenvalue weighted by Gasteiger charge is 2.15. The maximum absolute atomic E-state index is 11.3. The first-order valence-electron chi connectivity index (χ1n) is 6.73. The van der Waals surface area contributed by atoms with E-state index in [1.54, 1.807) is 25.3 Å². The lowest BCUT2D eigenvalue weighted by atomic mass is 10.1. The molecule has 112 valence electrons. The zero-order valence-corrected chi connectivity index (χ0v) is 12.5. The summed E-state index contributed by atoms with van der Waals surface area (Å²) in [4.78, 5) is 20.0. The van der Waals surface area contributed by atoms with Gasteiger partial charge < -0.3 is 14.0 Å². The monoisotopic (exact) mass is 297 g/mol. The number of benzene rings is 1. The molecule has 0 aliphatic carbocycles. The molecular formula is C16H15N3O3. The van der Waals surface area contributed by atoms with Crippen molar-refractivity contribution in [2.24, 2.45) is 7.05 Å². The molecule has 0 saturated heterocycles. The lowest BCUT2D eigenvalue weighted by Crippen LogP contribution is -2.03. The summed E-state index contributed by atoms with van der Waals surface area (Å²) < 4.78 is 12.5. The van der Waals surface area contributed by atoms with Gasteiger partial charge in [-0.15, -0.1) is 0 Å². The number of aryl methyl sites for hydroxylation is 1. The Hall–Kier alpha value is -2.89. The highest BCUT2D eigenvalue weighted by atomic mass is 16.5. The van der Waals surface area contributed by atoms with E-state index >= 15 is 0 Å². The number of carbonyl (C=O) groups is 1. The summed E-state index contributed by atoms with van der Waals surface area (Å²) in [6.07, 6.45) is 3.41. The molecule has 0 atom stereocenters. The minimum absolute atomic E-state index is 0.384. The van der Waals surface area contributed by atoms with Gasteiger partial charge in [-0.3, -0.25) is 4.79 Å². The van der Waals surface area contributed by atoms with E-state index in [2.05, 4.69) is 9.97 Å². The van der Waals surface area contributed by atoms with Gasteiger partial charge in [0.2, 0.25) is 0 Å². The molecular weight excluding hydrogens is 282 g/mol. The first kappa shape index (κ1) is 14.1. The second kappa shape index (κ2) is 5.48. The Kier molecular flexibility index (Phi) is 3.50. The van der Waals surface area contributed by atoms with Crippen molar-refractivity contribution >= 4 is 17.0 Å². The number of fused-ring (bicyclic) bond motifs is 1. The summed E-state index contributed by atoms with van der Waals surface area (Å²) in [6, 6.07) is 7.17. The largest absolute Gasteiger partial charge is 0.497 e. The number of methoxy groups -OCH3 is 1. The number of hydrogen-bond acceptors (Lipinski definition) is 5. The van der Waals surface area contributed by atoms with Crippen molar-refractivity contribution in [1.82, 2.24) is 14.5 Å². The van der Waals surface area contributed by atoms with Gasteiger partial charge in [0.25, 0.3) is 0 Å². The molecule has 0 N–H and O–H groups in total. The van der Waals surface area contributed by atoms with Crippen molar-refractivity contribution in [2.45, 2.75) is 6.92 Å². The number of esters is 1. The van der Waals surface area contributed by atoms with Crippen molar-refractivity contribution in [2.75, 3.05) is 7.11 Å². The molecule has 3 aromatic rings. The zero-order chi connectivity index (χ0) is 15.7. The maximum Gasteiger partial charge on any atom is 0.308 e. The molecule has 6 nitrogen and oxygen atoms in total. The second-order valence-electron chi connectivity index (χ2n) is 4.84. The van der Waals surface area contributed by atoms with Crippen LogP contribution in [0.4, 0.5) is 0 Å². The molecule has 0 fully saturated rings. The molecule has 0 spiro atoms. The lowest BCUT2D eigenvalue weighted by Gasteiger charge is -2.11. The SMILES string of the molecule is COc1ccc(OC(C)=O)c(-c2ncnc3c2ccn3C)c1. The zero-order valence-electron chi connectivity index (χ0n) is 12.5. The smallest absolute Gasteiger partial charge is 0.308 e. The molecule has 0 bridgehead atoms. The Balaban J connectivity index is 2.26. The van der Waals surface area contributed by atoms with E-state index in [1.165, 1.54) is 13.3 Å². The van der Waals surface area contributed by atoms with E-state index in [9.17, 15) is 4.79 Å². The van der Waals surface area contributed by atoms with Crippen molar-refractivity contribution in [1.29, 1.82) is 0 Å². The Morgan fingerprint density at radius 3 is 2.77 bits per heavy atom. The van der Waals surface area contributed by atoms with Gasteiger partial charge in [-0.25, -0.2) is 9.97 Å². The average Bonchev–Trinajstić information content (AvgIpc) is 2.89. The molecule has 0 amide bonds. The third-order valence-electron chi connectivity index (χ3n) is 3.36. The quantitative estimate of drug-likeness (QED) is 0.549. The summed E-state index contributed by atoms with van der Waals surface area (Å²) in [5.74, 6) is 0.718. The van der Waals surface area contributed by atoms with E-state index in [-0.39, 0.29) is 5.97 Å². The van der Waals surface area contributed by atoms with Crippen LogP contribution >= 0.6 is 0 Å². The van der Waals surface area contributed by atoms with Crippen LogP contribution in [-0.4, -0.2) is 27.6 Å². The molecule has 2 heterocycles. The number of rotatable bonds is 3. The lowest BCUT2D eigenvalue weighted by molar-refractivity contribution is -0.131. The van der Waals surface area contributed by atoms with Crippen LogP contribution in [0.2, 0.25) is 0 Å². The number of hydrogen-bond donors (Lipinski definition) is 0. The molecule has 2 aromatic heterocycles.